The lowest BCUT2D eigenvalue weighted by Crippen LogP contribution is -2.32. The van der Waals surface area contributed by atoms with Crippen molar-refractivity contribution in [1.82, 2.24) is 0 Å². The number of carbonyl (C=O) groups is 1. The normalized spacial score (nSPS) is 11.8. The molecule has 0 bridgehead atoms. The van der Waals surface area contributed by atoms with Gasteiger partial charge in [-0.2, -0.15) is 0 Å². The molecule has 2 N–H and O–H groups in total. The molecule has 0 aromatic heterocycles. The van der Waals surface area contributed by atoms with Crippen LogP contribution in [0.15, 0.2) is 48.5 Å². The number of hydrogen-bond acceptors (Lipinski definition) is 2. The number of rotatable bonds is 4. The first-order chi connectivity index (χ1) is 9.58. The van der Waals surface area contributed by atoms with Crippen LogP contribution in [-0.2, 0) is 4.79 Å². The van der Waals surface area contributed by atoms with Crippen LogP contribution in [0.2, 0.25) is 5.02 Å². The molecule has 0 aliphatic rings. The third-order valence-corrected chi connectivity index (χ3v) is 3.37. The van der Waals surface area contributed by atoms with E-state index in [1.807, 2.05) is 50.2 Å². The summed E-state index contributed by atoms with van der Waals surface area (Å²) in [5, 5.41) is 6.54. The first-order valence-corrected chi connectivity index (χ1v) is 6.83. The van der Waals surface area contributed by atoms with Crippen LogP contribution in [0.3, 0.4) is 0 Å². The van der Waals surface area contributed by atoms with E-state index in [0.717, 1.165) is 11.3 Å². The number of hydrogen-bond donors (Lipinski definition) is 2. The topological polar surface area (TPSA) is 41.1 Å². The molecule has 0 spiro atoms. The summed E-state index contributed by atoms with van der Waals surface area (Å²) in [6.45, 7) is 3.82. The molecule has 0 aliphatic heterocycles. The zero-order valence-corrected chi connectivity index (χ0v) is 12.2. The van der Waals surface area contributed by atoms with Crippen LogP contribution in [0.1, 0.15) is 12.5 Å². The van der Waals surface area contributed by atoms with E-state index in [9.17, 15) is 4.79 Å². The molecule has 1 amide bonds. The van der Waals surface area contributed by atoms with Crippen LogP contribution >= 0.6 is 11.6 Å². The molecule has 2 aromatic rings. The summed E-state index contributed by atoms with van der Waals surface area (Å²) >= 11 is 6.02. The molecule has 3 nitrogen and oxygen atoms in total. The summed E-state index contributed by atoms with van der Waals surface area (Å²) in [4.78, 5) is 12.1. The molecular formula is C16H17ClN2O. The van der Waals surface area contributed by atoms with E-state index in [0.29, 0.717) is 10.7 Å². The Morgan fingerprint density at radius 1 is 1.05 bits per heavy atom. The number of carbonyl (C=O) groups excluding carboxylic acids is 1. The molecule has 104 valence electrons. The maximum atomic E-state index is 12.1. The number of aryl methyl sites for hydroxylation is 1. The third-order valence-electron chi connectivity index (χ3n) is 3.04. The van der Waals surface area contributed by atoms with Gasteiger partial charge >= 0.3 is 0 Å². The van der Waals surface area contributed by atoms with Gasteiger partial charge in [0, 0.05) is 5.69 Å². The van der Waals surface area contributed by atoms with E-state index in [1.165, 1.54) is 0 Å². The maximum absolute atomic E-state index is 12.1. The highest BCUT2D eigenvalue weighted by Crippen LogP contribution is 2.21. The zero-order valence-electron chi connectivity index (χ0n) is 11.5. The second-order valence-electron chi connectivity index (χ2n) is 4.65. The van der Waals surface area contributed by atoms with Gasteiger partial charge in [0.05, 0.1) is 10.7 Å². The highest BCUT2D eigenvalue weighted by atomic mass is 35.5. The van der Waals surface area contributed by atoms with Crippen molar-refractivity contribution >= 4 is 28.9 Å². The highest BCUT2D eigenvalue weighted by Gasteiger charge is 2.14. The molecule has 2 rings (SSSR count). The fourth-order valence-corrected chi connectivity index (χ4v) is 2.02. The van der Waals surface area contributed by atoms with Crippen LogP contribution < -0.4 is 10.6 Å². The predicted molar refractivity (Wildman–Crippen MR) is 84.3 cm³/mol. The van der Waals surface area contributed by atoms with Crippen LogP contribution in [0.4, 0.5) is 11.4 Å². The molecule has 2 aromatic carbocycles. The van der Waals surface area contributed by atoms with E-state index in [-0.39, 0.29) is 11.9 Å². The second-order valence-corrected chi connectivity index (χ2v) is 5.06. The van der Waals surface area contributed by atoms with Crippen molar-refractivity contribution in [3.05, 3.63) is 59.1 Å². The van der Waals surface area contributed by atoms with E-state index < -0.39 is 0 Å². The van der Waals surface area contributed by atoms with Gasteiger partial charge in [-0.15, -0.1) is 0 Å². The van der Waals surface area contributed by atoms with Crippen LogP contribution in [0.25, 0.3) is 0 Å². The van der Waals surface area contributed by atoms with E-state index in [4.69, 9.17) is 11.6 Å². The Morgan fingerprint density at radius 3 is 2.30 bits per heavy atom. The van der Waals surface area contributed by atoms with Crippen molar-refractivity contribution in [1.29, 1.82) is 0 Å². The van der Waals surface area contributed by atoms with Crippen molar-refractivity contribution in [2.45, 2.75) is 19.9 Å². The summed E-state index contributed by atoms with van der Waals surface area (Å²) in [5.74, 6) is -0.124. The quantitative estimate of drug-likeness (QED) is 0.890. The van der Waals surface area contributed by atoms with Gasteiger partial charge in [0.15, 0.2) is 0 Å². The van der Waals surface area contributed by atoms with E-state index in [2.05, 4.69) is 10.6 Å². The third kappa shape index (κ3) is 3.52. The Balaban J connectivity index is 2.03. The fourth-order valence-electron chi connectivity index (χ4n) is 1.84. The average molecular weight is 289 g/mol. The first kappa shape index (κ1) is 14.4. The number of amides is 1. The molecule has 0 saturated carbocycles. The molecular weight excluding hydrogens is 272 g/mol. The number of nitrogens with one attached hydrogen (secondary N) is 2. The van der Waals surface area contributed by atoms with Crippen molar-refractivity contribution < 1.29 is 4.79 Å². The Morgan fingerprint density at radius 2 is 1.65 bits per heavy atom. The second kappa shape index (κ2) is 6.44. The number of benzene rings is 2. The molecule has 0 radical (unpaired) electrons. The minimum absolute atomic E-state index is 0.124. The molecule has 0 fully saturated rings. The van der Waals surface area contributed by atoms with Gasteiger partial charge in [0.2, 0.25) is 5.91 Å². The monoisotopic (exact) mass is 288 g/mol. The van der Waals surface area contributed by atoms with Crippen LogP contribution in [0.5, 0.6) is 0 Å². The van der Waals surface area contributed by atoms with Crippen LogP contribution in [-0.4, -0.2) is 11.9 Å². The summed E-state index contributed by atoms with van der Waals surface area (Å²) in [5.41, 5.74) is 2.68. The molecule has 0 heterocycles. The van der Waals surface area contributed by atoms with Gasteiger partial charge in [-0.05, 0) is 37.6 Å². The van der Waals surface area contributed by atoms with Crippen molar-refractivity contribution in [3.8, 4) is 0 Å². The minimum Gasteiger partial charge on any atom is -0.374 e. The maximum Gasteiger partial charge on any atom is 0.246 e. The molecule has 1 atom stereocenters. The van der Waals surface area contributed by atoms with Gasteiger partial charge in [-0.3, -0.25) is 4.79 Å². The summed E-state index contributed by atoms with van der Waals surface area (Å²) < 4.78 is 0. The van der Waals surface area contributed by atoms with Crippen molar-refractivity contribution in [2.24, 2.45) is 0 Å². The number of anilines is 2. The fraction of sp³-hybridized carbons (Fsp3) is 0.188. The van der Waals surface area contributed by atoms with Gasteiger partial charge in [-0.25, -0.2) is 0 Å². The van der Waals surface area contributed by atoms with E-state index >= 15 is 0 Å². The lowest BCUT2D eigenvalue weighted by atomic mass is 10.2. The van der Waals surface area contributed by atoms with Crippen molar-refractivity contribution in [2.75, 3.05) is 10.6 Å². The smallest absolute Gasteiger partial charge is 0.246 e. The molecule has 0 saturated heterocycles. The Bertz CT molecular complexity index is 613. The molecule has 0 aliphatic carbocycles. The van der Waals surface area contributed by atoms with E-state index in [1.54, 1.807) is 12.1 Å². The summed E-state index contributed by atoms with van der Waals surface area (Å²) in [7, 11) is 0. The predicted octanol–water partition coefficient (Wildman–Crippen LogP) is 4.09. The van der Waals surface area contributed by atoms with Crippen molar-refractivity contribution in [3.63, 3.8) is 0 Å². The first-order valence-electron chi connectivity index (χ1n) is 6.45. The average Bonchev–Trinajstić information content (AvgIpc) is 2.43. The molecule has 4 heteroatoms. The van der Waals surface area contributed by atoms with Gasteiger partial charge in [0.1, 0.15) is 6.04 Å². The highest BCUT2D eigenvalue weighted by molar-refractivity contribution is 6.33. The van der Waals surface area contributed by atoms with Crippen LogP contribution in [0, 0.1) is 6.92 Å². The molecule has 20 heavy (non-hydrogen) atoms. The van der Waals surface area contributed by atoms with Gasteiger partial charge in [-0.1, -0.05) is 41.9 Å². The van der Waals surface area contributed by atoms with Gasteiger partial charge < -0.3 is 10.6 Å². The lowest BCUT2D eigenvalue weighted by molar-refractivity contribution is -0.116. The Kier molecular flexibility index (Phi) is 4.64. The Labute approximate surface area is 124 Å². The number of para-hydroxylation sites is 2. The molecule has 1 unspecified atom stereocenters. The SMILES string of the molecule is Cc1ccccc1NC(C)C(=O)Nc1ccccc1Cl. The lowest BCUT2D eigenvalue weighted by Gasteiger charge is -2.17. The van der Waals surface area contributed by atoms with Gasteiger partial charge in [0.25, 0.3) is 0 Å². The Hall–Kier alpha value is -2.00. The minimum atomic E-state index is -0.354. The zero-order chi connectivity index (χ0) is 14.5. The summed E-state index contributed by atoms with van der Waals surface area (Å²) in [6, 6.07) is 14.7. The number of halogens is 1. The largest absolute Gasteiger partial charge is 0.374 e. The summed E-state index contributed by atoms with van der Waals surface area (Å²) in [6.07, 6.45) is 0. The standard InChI is InChI=1S/C16H17ClN2O/c1-11-7-3-5-9-14(11)18-12(2)16(20)19-15-10-6-4-8-13(15)17/h3-10,12,18H,1-2H3,(H,19,20).